The molecule has 2 rings (SSSR count). The maximum absolute atomic E-state index is 9.57. The Labute approximate surface area is 103 Å². The van der Waals surface area contributed by atoms with Crippen molar-refractivity contribution in [3.63, 3.8) is 0 Å². The molecule has 17 heavy (non-hydrogen) atoms. The van der Waals surface area contributed by atoms with E-state index in [0.717, 1.165) is 32.6 Å². The summed E-state index contributed by atoms with van der Waals surface area (Å²) in [5.74, 6) is 0.340. The first-order chi connectivity index (χ1) is 8.31. The second kappa shape index (κ2) is 5.84. The molecule has 0 amide bonds. The van der Waals surface area contributed by atoms with Gasteiger partial charge in [-0.3, -0.25) is 4.90 Å². The quantitative estimate of drug-likeness (QED) is 0.778. The minimum absolute atomic E-state index is 0.335. The zero-order valence-corrected chi connectivity index (χ0v) is 10.1. The molecule has 1 aromatic rings. The van der Waals surface area contributed by atoms with Crippen LogP contribution < -0.4 is 5.32 Å². The lowest BCUT2D eigenvalue weighted by Gasteiger charge is -2.34. The van der Waals surface area contributed by atoms with Gasteiger partial charge in [-0.2, -0.15) is 0 Å². The number of hydrogen-bond acceptors (Lipinski definition) is 3. The molecule has 0 aliphatic carbocycles. The van der Waals surface area contributed by atoms with Gasteiger partial charge in [-0.15, -0.1) is 6.58 Å². The molecule has 1 fully saturated rings. The van der Waals surface area contributed by atoms with Crippen molar-refractivity contribution in [3.8, 4) is 5.75 Å². The number of nitrogens with one attached hydrogen (secondary N) is 1. The summed E-state index contributed by atoms with van der Waals surface area (Å²) in [5.41, 5.74) is 1.17. The Morgan fingerprint density at radius 1 is 1.41 bits per heavy atom. The van der Waals surface area contributed by atoms with Crippen LogP contribution in [0.2, 0.25) is 0 Å². The Morgan fingerprint density at radius 2 is 2.18 bits per heavy atom. The average molecular weight is 232 g/mol. The molecule has 1 aliphatic heterocycles. The predicted octanol–water partition coefficient (Wildman–Crippen LogP) is 1.91. The van der Waals surface area contributed by atoms with E-state index in [1.54, 1.807) is 6.07 Å². The molecule has 1 saturated heterocycles. The highest BCUT2D eigenvalue weighted by atomic mass is 16.3. The van der Waals surface area contributed by atoms with Crippen LogP contribution in [0.15, 0.2) is 36.9 Å². The molecule has 1 aliphatic rings. The second-order valence-electron chi connectivity index (χ2n) is 4.42. The number of rotatable bonds is 4. The number of piperazine rings is 1. The molecule has 92 valence electrons. The highest BCUT2D eigenvalue weighted by molar-refractivity contribution is 5.29. The van der Waals surface area contributed by atoms with Gasteiger partial charge in [-0.25, -0.2) is 0 Å². The van der Waals surface area contributed by atoms with Gasteiger partial charge in [0.15, 0.2) is 0 Å². The van der Waals surface area contributed by atoms with Gasteiger partial charge in [0.25, 0.3) is 0 Å². The van der Waals surface area contributed by atoms with Crippen LogP contribution in [0.3, 0.4) is 0 Å². The topological polar surface area (TPSA) is 35.5 Å². The highest BCUT2D eigenvalue weighted by Crippen LogP contribution is 2.27. The van der Waals surface area contributed by atoms with Crippen LogP contribution in [0.25, 0.3) is 0 Å². The summed E-state index contributed by atoms with van der Waals surface area (Å²) in [5, 5.41) is 12.9. The molecule has 3 heteroatoms. The van der Waals surface area contributed by atoms with Gasteiger partial charge in [-0.05, 0) is 24.1 Å². The number of phenols is 1. The summed E-state index contributed by atoms with van der Waals surface area (Å²) in [6.07, 6.45) is 2.88. The second-order valence-corrected chi connectivity index (χ2v) is 4.42. The predicted molar refractivity (Wildman–Crippen MR) is 70.1 cm³/mol. The summed E-state index contributed by atoms with van der Waals surface area (Å²) in [7, 11) is 0. The Bertz CT molecular complexity index is 372. The number of aromatic hydroxyl groups is 1. The van der Waals surface area contributed by atoms with Gasteiger partial charge in [0.1, 0.15) is 5.75 Å². The van der Waals surface area contributed by atoms with Gasteiger partial charge in [0.05, 0.1) is 0 Å². The van der Waals surface area contributed by atoms with Crippen LogP contribution in [-0.2, 0) is 0 Å². The summed E-state index contributed by atoms with van der Waals surface area (Å²) in [6.45, 7) is 8.01. The van der Waals surface area contributed by atoms with Gasteiger partial charge < -0.3 is 10.4 Å². The zero-order valence-electron chi connectivity index (χ0n) is 10.1. The van der Waals surface area contributed by atoms with Gasteiger partial charge in [0.2, 0.25) is 0 Å². The maximum Gasteiger partial charge on any atom is 0.115 e. The first-order valence-electron chi connectivity index (χ1n) is 6.16. The van der Waals surface area contributed by atoms with Crippen molar-refractivity contribution in [3.05, 3.63) is 42.5 Å². The molecule has 1 aromatic carbocycles. The van der Waals surface area contributed by atoms with Crippen molar-refractivity contribution < 1.29 is 5.11 Å². The van der Waals surface area contributed by atoms with Crippen LogP contribution >= 0.6 is 0 Å². The van der Waals surface area contributed by atoms with Crippen molar-refractivity contribution >= 4 is 0 Å². The summed E-state index contributed by atoms with van der Waals surface area (Å²) in [6, 6.07) is 7.89. The van der Waals surface area contributed by atoms with Crippen molar-refractivity contribution in [2.75, 3.05) is 26.2 Å². The first kappa shape index (κ1) is 12.1. The Morgan fingerprint density at radius 3 is 2.82 bits per heavy atom. The van der Waals surface area contributed by atoms with E-state index < -0.39 is 0 Å². The van der Waals surface area contributed by atoms with Crippen LogP contribution in [0.4, 0.5) is 0 Å². The minimum atomic E-state index is 0.335. The normalized spacial score (nSPS) is 18.8. The number of phenolic OH excluding ortho intramolecular Hbond substituents is 1. The Kier molecular flexibility index (Phi) is 4.18. The van der Waals surface area contributed by atoms with E-state index in [1.807, 2.05) is 18.2 Å². The van der Waals surface area contributed by atoms with Crippen molar-refractivity contribution in [2.24, 2.45) is 0 Å². The van der Waals surface area contributed by atoms with Crippen molar-refractivity contribution in [2.45, 2.75) is 12.5 Å². The minimum Gasteiger partial charge on any atom is -0.508 e. The van der Waals surface area contributed by atoms with Gasteiger partial charge in [-0.1, -0.05) is 18.2 Å². The zero-order chi connectivity index (χ0) is 12.1. The average Bonchev–Trinajstić information content (AvgIpc) is 2.37. The highest BCUT2D eigenvalue weighted by Gasteiger charge is 2.20. The molecule has 0 spiro atoms. The number of hydrogen-bond donors (Lipinski definition) is 2. The molecule has 0 radical (unpaired) electrons. The maximum atomic E-state index is 9.57. The fraction of sp³-hybridized carbons (Fsp3) is 0.429. The standard InChI is InChI=1S/C14H20N2O/c1-2-4-14(16-9-7-15-8-10-16)12-5-3-6-13(17)11-12/h2-3,5-6,11,14-15,17H,1,4,7-10H2/t14-/m0/s1. The molecule has 1 atom stereocenters. The van der Waals surface area contributed by atoms with E-state index in [4.69, 9.17) is 0 Å². The third kappa shape index (κ3) is 3.08. The van der Waals surface area contributed by atoms with Crippen LogP contribution in [-0.4, -0.2) is 36.2 Å². The lowest BCUT2D eigenvalue weighted by Crippen LogP contribution is -2.45. The molecule has 3 nitrogen and oxygen atoms in total. The Hall–Kier alpha value is -1.32. The fourth-order valence-electron chi connectivity index (χ4n) is 2.38. The molecular formula is C14H20N2O. The van der Waals surface area contributed by atoms with Crippen molar-refractivity contribution in [1.82, 2.24) is 10.2 Å². The Balaban J connectivity index is 2.18. The molecule has 0 saturated carbocycles. The number of nitrogens with zero attached hydrogens (tertiary/aromatic N) is 1. The first-order valence-corrected chi connectivity index (χ1v) is 6.16. The summed E-state index contributed by atoms with van der Waals surface area (Å²) < 4.78 is 0. The third-order valence-electron chi connectivity index (χ3n) is 3.24. The van der Waals surface area contributed by atoms with E-state index in [9.17, 15) is 5.11 Å². The molecule has 2 N–H and O–H groups in total. The smallest absolute Gasteiger partial charge is 0.115 e. The van der Waals surface area contributed by atoms with Crippen LogP contribution in [0, 0.1) is 0 Å². The molecule has 0 unspecified atom stereocenters. The summed E-state index contributed by atoms with van der Waals surface area (Å²) >= 11 is 0. The lowest BCUT2D eigenvalue weighted by atomic mass is 10.0. The van der Waals surface area contributed by atoms with Crippen LogP contribution in [0.5, 0.6) is 5.75 Å². The van der Waals surface area contributed by atoms with Gasteiger partial charge in [0, 0.05) is 32.2 Å². The molecule has 1 heterocycles. The number of benzene rings is 1. The van der Waals surface area contributed by atoms with Crippen molar-refractivity contribution in [1.29, 1.82) is 0 Å². The van der Waals surface area contributed by atoms with E-state index in [1.165, 1.54) is 5.56 Å². The summed E-state index contributed by atoms with van der Waals surface area (Å²) in [4.78, 5) is 2.45. The molecule has 0 aromatic heterocycles. The SMILES string of the molecule is C=CC[C@@H](c1cccc(O)c1)N1CCNCC1. The monoisotopic (exact) mass is 232 g/mol. The lowest BCUT2D eigenvalue weighted by molar-refractivity contribution is 0.174. The molecular weight excluding hydrogens is 212 g/mol. The van der Waals surface area contributed by atoms with E-state index in [0.29, 0.717) is 11.8 Å². The van der Waals surface area contributed by atoms with E-state index in [2.05, 4.69) is 22.9 Å². The molecule has 0 bridgehead atoms. The van der Waals surface area contributed by atoms with Crippen LogP contribution in [0.1, 0.15) is 18.0 Å². The van der Waals surface area contributed by atoms with E-state index in [-0.39, 0.29) is 0 Å². The van der Waals surface area contributed by atoms with Gasteiger partial charge >= 0.3 is 0 Å². The van der Waals surface area contributed by atoms with E-state index >= 15 is 0 Å². The fourth-order valence-corrected chi connectivity index (χ4v) is 2.38. The largest absolute Gasteiger partial charge is 0.508 e. The third-order valence-corrected chi connectivity index (χ3v) is 3.24.